The van der Waals surface area contributed by atoms with E-state index in [2.05, 4.69) is 0 Å². The van der Waals surface area contributed by atoms with Gasteiger partial charge in [-0.2, -0.15) is 0 Å². The lowest BCUT2D eigenvalue weighted by molar-refractivity contribution is -0.163. The van der Waals surface area contributed by atoms with Crippen LogP contribution < -0.4 is 0 Å². The summed E-state index contributed by atoms with van der Waals surface area (Å²) < 4.78 is 0. The third-order valence-electron chi connectivity index (χ3n) is 1.51. The van der Waals surface area contributed by atoms with Crippen LogP contribution in [0.1, 0.15) is 26.2 Å². The van der Waals surface area contributed by atoms with Gasteiger partial charge >= 0.3 is 23.9 Å². The number of aliphatic hydroxyl groups is 1. The second-order valence-electron chi connectivity index (χ2n) is 3.44. The zero-order valence-corrected chi connectivity index (χ0v) is 9.49. The molecule has 0 aromatic rings. The molecule has 0 rings (SSSR count). The lowest BCUT2D eigenvalue weighted by Crippen LogP contribution is -2.37. The van der Waals surface area contributed by atoms with E-state index in [4.69, 9.17) is 25.5 Å². The molecule has 9 heteroatoms. The summed E-state index contributed by atoms with van der Waals surface area (Å²) in [5.41, 5.74) is -2.16. The van der Waals surface area contributed by atoms with Crippen molar-refractivity contribution in [2.24, 2.45) is 0 Å². The van der Waals surface area contributed by atoms with Crippen molar-refractivity contribution in [1.29, 1.82) is 0 Å². The lowest BCUT2D eigenvalue weighted by atomic mass is 10.0. The van der Waals surface area contributed by atoms with E-state index in [1.165, 1.54) is 0 Å². The van der Waals surface area contributed by atoms with Gasteiger partial charge in [-0.3, -0.25) is 14.4 Å². The van der Waals surface area contributed by atoms with Gasteiger partial charge in [0, 0.05) is 0 Å². The molecular formula is C9H14O9. The molecule has 0 radical (unpaired) electrons. The normalized spacial score (nSPS) is 12.6. The van der Waals surface area contributed by atoms with Crippen LogP contribution in [0.3, 0.4) is 0 Å². The van der Waals surface area contributed by atoms with Crippen LogP contribution >= 0.6 is 0 Å². The zero-order valence-electron chi connectivity index (χ0n) is 9.49. The van der Waals surface area contributed by atoms with E-state index in [9.17, 15) is 19.2 Å². The van der Waals surface area contributed by atoms with Crippen molar-refractivity contribution in [3.05, 3.63) is 0 Å². The second kappa shape index (κ2) is 8.01. The molecule has 18 heavy (non-hydrogen) atoms. The topological polar surface area (TPSA) is 169 Å². The summed E-state index contributed by atoms with van der Waals surface area (Å²) in [6.07, 6.45) is -1.38. The summed E-state index contributed by atoms with van der Waals surface area (Å²) in [4.78, 5) is 39.2. The zero-order chi connectivity index (χ0) is 14.9. The predicted octanol–water partition coefficient (Wildman–Crippen LogP) is -0.767. The molecule has 0 fully saturated rings. The van der Waals surface area contributed by atoms with Crippen LogP contribution in [0.25, 0.3) is 0 Å². The molecule has 0 aromatic heterocycles. The fourth-order valence-electron chi connectivity index (χ4n) is 0.584. The molecule has 0 aromatic carbocycles. The Hall–Kier alpha value is -2.16. The minimum absolute atomic E-state index is 0.296. The van der Waals surface area contributed by atoms with Gasteiger partial charge in [-0.05, 0) is 6.92 Å². The van der Waals surface area contributed by atoms with E-state index < -0.39 is 35.9 Å². The van der Waals surface area contributed by atoms with Crippen LogP contribution in [0, 0.1) is 0 Å². The van der Waals surface area contributed by atoms with Crippen molar-refractivity contribution in [3.8, 4) is 0 Å². The number of aliphatic carboxylic acids is 4. The van der Waals surface area contributed by atoms with Gasteiger partial charge < -0.3 is 25.5 Å². The number of carboxylic acid groups (broad SMARTS) is 4. The SMILES string of the molecule is CC(O)(CC(=O)O)C(=O)O.O=C(O)CCC(=O)O. The van der Waals surface area contributed by atoms with Crippen molar-refractivity contribution in [3.63, 3.8) is 0 Å². The van der Waals surface area contributed by atoms with E-state index in [1.54, 1.807) is 0 Å². The van der Waals surface area contributed by atoms with E-state index in [1.807, 2.05) is 0 Å². The Morgan fingerprint density at radius 2 is 1.17 bits per heavy atom. The molecule has 0 aliphatic carbocycles. The lowest BCUT2D eigenvalue weighted by Gasteiger charge is -2.13. The van der Waals surface area contributed by atoms with Gasteiger partial charge in [-0.25, -0.2) is 4.79 Å². The molecule has 0 amide bonds. The number of hydrogen-bond donors (Lipinski definition) is 5. The molecule has 5 N–H and O–H groups in total. The molecular weight excluding hydrogens is 252 g/mol. The Morgan fingerprint density at radius 3 is 1.28 bits per heavy atom. The third-order valence-corrected chi connectivity index (χ3v) is 1.51. The summed E-state index contributed by atoms with van der Waals surface area (Å²) in [5.74, 6) is -5.03. The predicted molar refractivity (Wildman–Crippen MR) is 55.0 cm³/mol. The van der Waals surface area contributed by atoms with Crippen LogP contribution in [-0.4, -0.2) is 55.0 Å². The van der Waals surface area contributed by atoms with E-state index in [0.29, 0.717) is 0 Å². The van der Waals surface area contributed by atoms with Gasteiger partial charge in [-0.1, -0.05) is 0 Å². The minimum atomic E-state index is -2.16. The third kappa shape index (κ3) is 11.9. The molecule has 104 valence electrons. The van der Waals surface area contributed by atoms with Gasteiger partial charge in [0.05, 0.1) is 19.3 Å². The Kier molecular flexibility index (Phi) is 8.10. The molecule has 0 heterocycles. The molecule has 0 aliphatic heterocycles. The fraction of sp³-hybridized carbons (Fsp3) is 0.556. The number of rotatable bonds is 6. The maximum absolute atomic E-state index is 10.0. The second-order valence-corrected chi connectivity index (χ2v) is 3.44. The average Bonchev–Trinajstić information content (AvgIpc) is 2.13. The number of carboxylic acids is 4. The summed E-state index contributed by atoms with van der Waals surface area (Å²) in [6, 6.07) is 0. The summed E-state index contributed by atoms with van der Waals surface area (Å²) in [6.45, 7) is 0.934. The summed E-state index contributed by atoms with van der Waals surface area (Å²) >= 11 is 0. The maximum atomic E-state index is 10.0. The first-order chi connectivity index (χ1) is 7.99. The molecule has 0 bridgehead atoms. The Morgan fingerprint density at radius 1 is 0.833 bits per heavy atom. The van der Waals surface area contributed by atoms with E-state index >= 15 is 0 Å². The van der Waals surface area contributed by atoms with Crippen molar-refractivity contribution in [1.82, 2.24) is 0 Å². The Bertz CT molecular complexity index is 317. The minimum Gasteiger partial charge on any atom is -0.481 e. The molecule has 0 saturated heterocycles. The standard InChI is InChI=1S/C5H8O5.C4H6O4/c1-5(10,4(8)9)2-3(6)7;5-3(6)1-2-4(7)8/h10H,2H2,1H3,(H,6,7)(H,8,9);1-2H2,(H,5,6)(H,7,8). The number of carbonyl (C=O) groups is 4. The van der Waals surface area contributed by atoms with Crippen LogP contribution in [-0.2, 0) is 19.2 Å². The smallest absolute Gasteiger partial charge is 0.335 e. The van der Waals surface area contributed by atoms with Gasteiger partial charge in [0.25, 0.3) is 0 Å². The number of hydrogen-bond acceptors (Lipinski definition) is 5. The fourth-order valence-corrected chi connectivity index (χ4v) is 0.584. The molecule has 1 atom stereocenters. The van der Waals surface area contributed by atoms with Crippen molar-refractivity contribution in [2.75, 3.05) is 0 Å². The maximum Gasteiger partial charge on any atom is 0.335 e. The molecule has 0 spiro atoms. The van der Waals surface area contributed by atoms with Crippen LogP contribution in [0.4, 0.5) is 0 Å². The van der Waals surface area contributed by atoms with E-state index in [-0.39, 0.29) is 12.8 Å². The first-order valence-electron chi connectivity index (χ1n) is 4.60. The van der Waals surface area contributed by atoms with Crippen LogP contribution in [0.2, 0.25) is 0 Å². The van der Waals surface area contributed by atoms with Crippen molar-refractivity contribution < 1.29 is 44.7 Å². The summed E-state index contributed by atoms with van der Waals surface area (Å²) in [5, 5.41) is 40.8. The summed E-state index contributed by atoms with van der Waals surface area (Å²) in [7, 11) is 0. The average molecular weight is 266 g/mol. The molecule has 9 nitrogen and oxygen atoms in total. The quantitative estimate of drug-likeness (QED) is 0.414. The van der Waals surface area contributed by atoms with Crippen molar-refractivity contribution >= 4 is 23.9 Å². The first kappa shape index (κ1) is 18.2. The van der Waals surface area contributed by atoms with Gasteiger partial charge in [0.2, 0.25) is 0 Å². The Balaban J connectivity index is 0. The van der Waals surface area contributed by atoms with Gasteiger partial charge in [0.1, 0.15) is 0 Å². The largest absolute Gasteiger partial charge is 0.481 e. The van der Waals surface area contributed by atoms with Crippen LogP contribution in [0.15, 0.2) is 0 Å². The highest BCUT2D eigenvalue weighted by Gasteiger charge is 2.32. The van der Waals surface area contributed by atoms with Crippen LogP contribution in [0.5, 0.6) is 0 Å². The molecule has 1 unspecified atom stereocenters. The highest BCUT2D eigenvalue weighted by Crippen LogP contribution is 2.08. The Labute approximate surface area is 101 Å². The van der Waals surface area contributed by atoms with Gasteiger partial charge in [-0.15, -0.1) is 0 Å². The first-order valence-corrected chi connectivity index (χ1v) is 4.60. The van der Waals surface area contributed by atoms with Gasteiger partial charge in [0.15, 0.2) is 5.60 Å². The molecule has 0 saturated carbocycles. The van der Waals surface area contributed by atoms with E-state index in [0.717, 1.165) is 6.92 Å². The monoisotopic (exact) mass is 266 g/mol. The highest BCUT2D eigenvalue weighted by molar-refractivity contribution is 5.83. The molecule has 0 aliphatic rings. The van der Waals surface area contributed by atoms with Crippen molar-refractivity contribution in [2.45, 2.75) is 31.8 Å². The highest BCUT2D eigenvalue weighted by atomic mass is 16.4.